The van der Waals surface area contributed by atoms with Crippen LogP contribution in [0.1, 0.15) is 32.1 Å². The van der Waals surface area contributed by atoms with Gasteiger partial charge < -0.3 is 14.5 Å². The normalized spacial score (nSPS) is 22.3. The maximum Gasteiger partial charge on any atom is 0.222 e. The zero-order chi connectivity index (χ0) is 18.2. The van der Waals surface area contributed by atoms with E-state index in [0.29, 0.717) is 25.0 Å². The predicted molar refractivity (Wildman–Crippen MR) is 104 cm³/mol. The van der Waals surface area contributed by atoms with Gasteiger partial charge in [-0.05, 0) is 45.0 Å². The Kier molecular flexibility index (Phi) is 7.32. The molecule has 5 nitrogen and oxygen atoms in total. The molecule has 0 aromatic heterocycles. The molecule has 2 heterocycles. The van der Waals surface area contributed by atoms with Gasteiger partial charge in [-0.15, -0.1) is 0 Å². The Bertz CT molecular complexity index is 543. The summed E-state index contributed by atoms with van der Waals surface area (Å²) >= 11 is 0. The average molecular weight is 360 g/mol. The van der Waals surface area contributed by atoms with Crippen molar-refractivity contribution < 1.29 is 9.53 Å². The lowest BCUT2D eigenvalue weighted by Crippen LogP contribution is -2.49. The molecule has 3 rings (SSSR count). The topological polar surface area (TPSA) is 36.0 Å². The van der Waals surface area contributed by atoms with E-state index < -0.39 is 0 Å². The fourth-order valence-corrected chi connectivity index (χ4v) is 3.99. The van der Waals surface area contributed by atoms with Gasteiger partial charge in [0.2, 0.25) is 5.91 Å². The second-order valence-electron chi connectivity index (χ2n) is 7.55. The third-order valence-corrected chi connectivity index (χ3v) is 5.76. The van der Waals surface area contributed by atoms with Gasteiger partial charge in [0, 0.05) is 45.2 Å². The quantitative estimate of drug-likeness (QED) is 0.749. The summed E-state index contributed by atoms with van der Waals surface area (Å²) in [5.41, 5.74) is 0. The number of piperazine rings is 1. The number of rotatable bonds is 7. The number of para-hydroxylation sites is 1. The van der Waals surface area contributed by atoms with Crippen LogP contribution < -0.4 is 4.74 Å². The van der Waals surface area contributed by atoms with Crippen molar-refractivity contribution in [3.8, 4) is 5.75 Å². The third kappa shape index (κ3) is 5.71. The van der Waals surface area contributed by atoms with Gasteiger partial charge >= 0.3 is 0 Å². The van der Waals surface area contributed by atoms with E-state index in [1.165, 1.54) is 25.8 Å². The Labute approximate surface area is 157 Å². The minimum absolute atomic E-state index is 0.337. The minimum atomic E-state index is 0.337. The molecule has 0 spiro atoms. The highest BCUT2D eigenvalue weighted by molar-refractivity contribution is 5.76. The van der Waals surface area contributed by atoms with Gasteiger partial charge in [0.25, 0.3) is 0 Å². The number of carbonyl (C=O) groups is 1. The van der Waals surface area contributed by atoms with Crippen molar-refractivity contribution in [1.29, 1.82) is 0 Å². The summed E-state index contributed by atoms with van der Waals surface area (Å²) in [6, 6.07) is 10.6. The smallest absolute Gasteiger partial charge is 0.222 e. The van der Waals surface area contributed by atoms with Gasteiger partial charge in [0.15, 0.2) is 0 Å². The third-order valence-electron chi connectivity index (χ3n) is 5.76. The highest BCUT2D eigenvalue weighted by Crippen LogP contribution is 2.19. The van der Waals surface area contributed by atoms with Crippen molar-refractivity contribution in [3.63, 3.8) is 0 Å². The van der Waals surface area contributed by atoms with Crippen molar-refractivity contribution in [2.45, 2.75) is 38.1 Å². The number of hydrogen-bond acceptors (Lipinski definition) is 4. The molecule has 2 saturated heterocycles. The molecule has 0 aliphatic carbocycles. The summed E-state index contributed by atoms with van der Waals surface area (Å²) in [5, 5.41) is 0. The number of hydrogen-bond donors (Lipinski definition) is 0. The average Bonchev–Trinajstić information content (AvgIpc) is 2.68. The SMILES string of the molecule is CN1CCCC[C@H]1CCC(=O)N1CCN(CCOc2ccccc2)CC1. The summed E-state index contributed by atoms with van der Waals surface area (Å²) < 4.78 is 5.77. The Morgan fingerprint density at radius 1 is 1.08 bits per heavy atom. The lowest BCUT2D eigenvalue weighted by molar-refractivity contribution is -0.133. The van der Waals surface area contributed by atoms with E-state index in [1.807, 2.05) is 30.3 Å². The molecule has 5 heteroatoms. The van der Waals surface area contributed by atoms with Crippen LogP contribution in [0.3, 0.4) is 0 Å². The van der Waals surface area contributed by atoms with Crippen molar-refractivity contribution in [2.75, 3.05) is 52.9 Å². The summed E-state index contributed by atoms with van der Waals surface area (Å²) in [5.74, 6) is 1.26. The molecule has 26 heavy (non-hydrogen) atoms. The lowest BCUT2D eigenvalue weighted by atomic mass is 9.98. The number of carbonyl (C=O) groups excluding carboxylic acids is 1. The second-order valence-corrected chi connectivity index (χ2v) is 7.55. The van der Waals surface area contributed by atoms with Gasteiger partial charge in [-0.2, -0.15) is 0 Å². The van der Waals surface area contributed by atoms with Crippen molar-refractivity contribution >= 4 is 5.91 Å². The predicted octanol–water partition coefficient (Wildman–Crippen LogP) is 2.47. The Morgan fingerprint density at radius 3 is 2.58 bits per heavy atom. The van der Waals surface area contributed by atoms with Crippen LogP contribution >= 0.6 is 0 Å². The van der Waals surface area contributed by atoms with Crippen molar-refractivity contribution in [3.05, 3.63) is 30.3 Å². The fourth-order valence-electron chi connectivity index (χ4n) is 3.99. The summed E-state index contributed by atoms with van der Waals surface area (Å²) in [6.07, 6.45) is 5.58. The number of likely N-dealkylation sites (tertiary alicyclic amines) is 1. The minimum Gasteiger partial charge on any atom is -0.492 e. The number of amides is 1. The first-order valence-electron chi connectivity index (χ1n) is 10.1. The van der Waals surface area contributed by atoms with E-state index in [4.69, 9.17) is 4.74 Å². The molecule has 1 aromatic carbocycles. The number of piperidine rings is 1. The van der Waals surface area contributed by atoms with Crippen LogP contribution in [0.25, 0.3) is 0 Å². The molecule has 0 N–H and O–H groups in total. The summed E-state index contributed by atoms with van der Waals surface area (Å²) in [7, 11) is 2.20. The van der Waals surface area contributed by atoms with Gasteiger partial charge in [-0.1, -0.05) is 24.6 Å². The number of ether oxygens (including phenoxy) is 1. The zero-order valence-electron chi connectivity index (χ0n) is 16.1. The molecule has 2 fully saturated rings. The molecule has 0 saturated carbocycles. The van der Waals surface area contributed by atoms with Crippen molar-refractivity contribution in [2.24, 2.45) is 0 Å². The van der Waals surface area contributed by atoms with Crippen molar-refractivity contribution in [1.82, 2.24) is 14.7 Å². The van der Waals surface area contributed by atoms with E-state index in [9.17, 15) is 4.79 Å². The molecule has 1 atom stereocenters. The maximum atomic E-state index is 12.5. The molecular weight excluding hydrogens is 326 g/mol. The number of benzene rings is 1. The summed E-state index contributed by atoms with van der Waals surface area (Å²) in [6.45, 7) is 6.41. The van der Waals surface area contributed by atoms with Crippen LogP contribution in [0.15, 0.2) is 30.3 Å². The molecule has 144 valence electrons. The molecule has 0 radical (unpaired) electrons. The Morgan fingerprint density at radius 2 is 1.85 bits per heavy atom. The van der Waals surface area contributed by atoms with Crippen LogP contribution in [0, 0.1) is 0 Å². The van der Waals surface area contributed by atoms with Crippen LogP contribution in [-0.4, -0.2) is 79.6 Å². The van der Waals surface area contributed by atoms with E-state index in [1.54, 1.807) is 0 Å². The zero-order valence-corrected chi connectivity index (χ0v) is 16.1. The highest BCUT2D eigenvalue weighted by atomic mass is 16.5. The molecule has 1 amide bonds. The van der Waals surface area contributed by atoms with Crippen LogP contribution in [0.5, 0.6) is 5.75 Å². The first kappa shape index (κ1) is 19.2. The fraction of sp³-hybridized carbons (Fsp3) is 0.667. The van der Waals surface area contributed by atoms with Gasteiger partial charge in [0.05, 0.1) is 0 Å². The Balaban J connectivity index is 1.30. The Hall–Kier alpha value is -1.59. The number of nitrogens with zero attached hydrogens (tertiary/aromatic N) is 3. The molecule has 0 unspecified atom stereocenters. The van der Waals surface area contributed by atoms with E-state index in [2.05, 4.69) is 21.7 Å². The van der Waals surface area contributed by atoms with Crippen LogP contribution in [0.4, 0.5) is 0 Å². The van der Waals surface area contributed by atoms with Crippen LogP contribution in [0.2, 0.25) is 0 Å². The molecule has 1 aromatic rings. The first-order valence-corrected chi connectivity index (χ1v) is 10.1. The summed E-state index contributed by atoms with van der Waals surface area (Å²) in [4.78, 5) is 19.4. The van der Waals surface area contributed by atoms with Gasteiger partial charge in [0.1, 0.15) is 12.4 Å². The van der Waals surface area contributed by atoms with Gasteiger partial charge in [-0.25, -0.2) is 0 Å². The molecular formula is C21H33N3O2. The van der Waals surface area contributed by atoms with E-state index in [-0.39, 0.29) is 0 Å². The van der Waals surface area contributed by atoms with E-state index >= 15 is 0 Å². The van der Waals surface area contributed by atoms with E-state index in [0.717, 1.165) is 44.9 Å². The molecule has 0 bridgehead atoms. The molecule has 2 aliphatic heterocycles. The van der Waals surface area contributed by atoms with Crippen LogP contribution in [-0.2, 0) is 4.79 Å². The largest absolute Gasteiger partial charge is 0.492 e. The lowest BCUT2D eigenvalue weighted by Gasteiger charge is -2.36. The monoisotopic (exact) mass is 359 g/mol. The maximum absolute atomic E-state index is 12.5. The molecule has 2 aliphatic rings. The first-order chi connectivity index (χ1) is 12.7. The highest BCUT2D eigenvalue weighted by Gasteiger charge is 2.24. The van der Waals surface area contributed by atoms with Gasteiger partial charge in [-0.3, -0.25) is 9.69 Å². The second kappa shape index (κ2) is 9.93. The standard InChI is InChI=1S/C21H33N3O2/c1-22-12-6-5-7-19(22)10-11-21(25)24-15-13-23(14-16-24)17-18-26-20-8-3-2-4-9-20/h2-4,8-9,19H,5-7,10-18H2,1H3/t19-/m0/s1.